The van der Waals surface area contributed by atoms with Gasteiger partial charge >= 0.3 is 0 Å². The summed E-state index contributed by atoms with van der Waals surface area (Å²) in [6, 6.07) is 0. The molecule has 3 heteroatoms. The Hall–Kier alpha value is -0.280. The van der Waals surface area contributed by atoms with E-state index >= 15 is 0 Å². The molecule has 0 aromatic heterocycles. The molecule has 1 atom stereocenters. The first kappa shape index (κ1) is 6.83. The lowest BCUT2D eigenvalue weighted by Gasteiger charge is -2.21. The van der Waals surface area contributed by atoms with Crippen molar-refractivity contribution in [2.24, 2.45) is 5.84 Å². The van der Waals surface area contributed by atoms with Gasteiger partial charge in [0.05, 0.1) is 0 Å². The summed E-state index contributed by atoms with van der Waals surface area (Å²) < 4.78 is 0. The average Bonchev–Trinajstić information content (AvgIpc) is 1.80. The van der Waals surface area contributed by atoms with Crippen molar-refractivity contribution in [1.29, 1.82) is 0 Å². The molecule has 1 aliphatic rings. The van der Waals surface area contributed by atoms with Crippen LogP contribution in [0.4, 0.5) is 0 Å². The standard InChI is InChI=1S/C6H9BrN2/c1-5-2-3-9(8)6(7)4-5/h2-4,6H,8H2,1H3. The zero-order valence-corrected chi connectivity index (χ0v) is 6.80. The lowest BCUT2D eigenvalue weighted by atomic mass is 10.2. The van der Waals surface area contributed by atoms with Gasteiger partial charge in [0.1, 0.15) is 4.95 Å². The van der Waals surface area contributed by atoms with Crippen molar-refractivity contribution in [1.82, 2.24) is 5.01 Å². The second-order valence-corrected chi connectivity index (χ2v) is 2.98. The molecule has 0 aliphatic carbocycles. The van der Waals surface area contributed by atoms with Crippen LogP contribution < -0.4 is 5.84 Å². The van der Waals surface area contributed by atoms with Gasteiger partial charge in [0.25, 0.3) is 0 Å². The normalized spacial score (nSPS) is 26.3. The Bertz CT molecular complexity index is 162. The highest BCUT2D eigenvalue weighted by Crippen LogP contribution is 2.13. The minimum absolute atomic E-state index is 0.155. The number of nitrogens with two attached hydrogens (primary N) is 1. The van der Waals surface area contributed by atoms with Gasteiger partial charge in [0.2, 0.25) is 0 Å². The molecule has 0 radical (unpaired) electrons. The number of halogens is 1. The number of nitrogens with zero attached hydrogens (tertiary/aromatic N) is 1. The monoisotopic (exact) mass is 188 g/mol. The first-order valence-electron chi connectivity index (χ1n) is 2.74. The van der Waals surface area contributed by atoms with Crippen LogP contribution in [-0.2, 0) is 0 Å². The predicted octanol–water partition coefficient (Wildman–Crippen LogP) is 1.36. The van der Waals surface area contributed by atoms with Crippen LogP contribution in [0.2, 0.25) is 0 Å². The highest BCUT2D eigenvalue weighted by molar-refractivity contribution is 9.09. The highest BCUT2D eigenvalue weighted by Gasteiger charge is 2.06. The molecule has 2 N–H and O–H groups in total. The fourth-order valence-electron chi connectivity index (χ4n) is 0.644. The van der Waals surface area contributed by atoms with Gasteiger partial charge in [-0.15, -0.1) is 0 Å². The van der Waals surface area contributed by atoms with Gasteiger partial charge in [-0.25, -0.2) is 5.84 Å². The van der Waals surface area contributed by atoms with Gasteiger partial charge < -0.3 is 5.01 Å². The van der Waals surface area contributed by atoms with Gasteiger partial charge in [0.15, 0.2) is 0 Å². The lowest BCUT2D eigenvalue weighted by molar-refractivity contribution is 0.410. The van der Waals surface area contributed by atoms with Crippen LogP contribution in [0.5, 0.6) is 0 Å². The smallest absolute Gasteiger partial charge is 0.118 e. The summed E-state index contributed by atoms with van der Waals surface area (Å²) in [6.45, 7) is 2.04. The van der Waals surface area contributed by atoms with Crippen molar-refractivity contribution < 1.29 is 0 Å². The molecule has 0 aromatic rings. The van der Waals surface area contributed by atoms with E-state index in [1.165, 1.54) is 5.57 Å². The summed E-state index contributed by atoms with van der Waals surface area (Å²) in [7, 11) is 0. The van der Waals surface area contributed by atoms with E-state index in [0.29, 0.717) is 0 Å². The van der Waals surface area contributed by atoms with Crippen LogP contribution in [0.25, 0.3) is 0 Å². The molecule has 0 saturated carbocycles. The maximum absolute atomic E-state index is 5.50. The Kier molecular flexibility index (Phi) is 1.93. The Morgan fingerprint density at radius 1 is 1.78 bits per heavy atom. The first-order valence-corrected chi connectivity index (χ1v) is 3.65. The molecule has 50 valence electrons. The topological polar surface area (TPSA) is 29.3 Å². The lowest BCUT2D eigenvalue weighted by Crippen LogP contribution is -2.32. The van der Waals surface area contributed by atoms with E-state index in [1.807, 2.05) is 25.3 Å². The molecular weight excluding hydrogens is 180 g/mol. The van der Waals surface area contributed by atoms with E-state index in [4.69, 9.17) is 5.84 Å². The third-order valence-corrected chi connectivity index (χ3v) is 1.93. The SMILES string of the molecule is CC1=CC(Br)N(N)C=C1. The number of alkyl halides is 1. The van der Waals surface area contributed by atoms with Crippen LogP contribution in [0.15, 0.2) is 23.9 Å². The molecule has 0 fully saturated rings. The Morgan fingerprint density at radius 3 is 2.89 bits per heavy atom. The molecule has 2 nitrogen and oxygen atoms in total. The summed E-state index contributed by atoms with van der Waals surface area (Å²) in [6.07, 6.45) is 5.85. The fraction of sp³-hybridized carbons (Fsp3) is 0.333. The Labute approximate surface area is 63.1 Å². The van der Waals surface area contributed by atoms with Crippen molar-refractivity contribution in [3.63, 3.8) is 0 Å². The van der Waals surface area contributed by atoms with Crippen molar-refractivity contribution in [2.75, 3.05) is 0 Å². The van der Waals surface area contributed by atoms with E-state index < -0.39 is 0 Å². The number of hydrogen-bond acceptors (Lipinski definition) is 2. The fourth-order valence-corrected chi connectivity index (χ4v) is 1.20. The van der Waals surface area contributed by atoms with E-state index in [9.17, 15) is 0 Å². The summed E-state index contributed by atoms with van der Waals surface area (Å²) in [5.74, 6) is 5.50. The average molecular weight is 189 g/mol. The maximum atomic E-state index is 5.50. The molecule has 1 heterocycles. The quantitative estimate of drug-likeness (QED) is 0.354. The van der Waals surface area contributed by atoms with E-state index in [2.05, 4.69) is 15.9 Å². The third-order valence-electron chi connectivity index (χ3n) is 1.19. The molecule has 0 bridgehead atoms. The molecule has 0 saturated heterocycles. The van der Waals surface area contributed by atoms with E-state index in [-0.39, 0.29) is 4.95 Å². The summed E-state index contributed by atoms with van der Waals surface area (Å²) in [5, 5.41) is 1.60. The molecule has 1 rings (SSSR count). The maximum Gasteiger partial charge on any atom is 0.118 e. The number of hydrazine groups is 1. The largest absolute Gasteiger partial charge is 0.301 e. The minimum Gasteiger partial charge on any atom is -0.301 e. The van der Waals surface area contributed by atoms with Gasteiger partial charge in [-0.2, -0.15) is 0 Å². The third kappa shape index (κ3) is 1.56. The van der Waals surface area contributed by atoms with Crippen molar-refractivity contribution >= 4 is 15.9 Å². The zero-order chi connectivity index (χ0) is 6.85. The number of rotatable bonds is 0. The molecule has 9 heavy (non-hydrogen) atoms. The van der Waals surface area contributed by atoms with Gasteiger partial charge in [-0.1, -0.05) is 21.5 Å². The van der Waals surface area contributed by atoms with Crippen molar-refractivity contribution in [3.05, 3.63) is 23.9 Å². The van der Waals surface area contributed by atoms with Crippen LogP contribution >= 0.6 is 15.9 Å². The molecule has 1 aliphatic heterocycles. The van der Waals surface area contributed by atoms with Crippen LogP contribution in [0, 0.1) is 0 Å². The number of allylic oxidation sites excluding steroid dienone is 2. The first-order chi connectivity index (χ1) is 4.20. The van der Waals surface area contributed by atoms with Crippen LogP contribution in [0.3, 0.4) is 0 Å². The van der Waals surface area contributed by atoms with Crippen molar-refractivity contribution in [3.8, 4) is 0 Å². The van der Waals surface area contributed by atoms with E-state index in [1.54, 1.807) is 5.01 Å². The van der Waals surface area contributed by atoms with Crippen LogP contribution in [-0.4, -0.2) is 9.96 Å². The van der Waals surface area contributed by atoms with Crippen LogP contribution in [0.1, 0.15) is 6.92 Å². The minimum atomic E-state index is 0.155. The second-order valence-electron chi connectivity index (χ2n) is 2.05. The van der Waals surface area contributed by atoms with E-state index in [0.717, 1.165) is 0 Å². The van der Waals surface area contributed by atoms with Gasteiger partial charge in [-0.05, 0) is 19.1 Å². The highest BCUT2D eigenvalue weighted by atomic mass is 79.9. The molecule has 0 amide bonds. The Morgan fingerprint density at radius 2 is 2.44 bits per heavy atom. The molecule has 1 unspecified atom stereocenters. The molecule has 0 spiro atoms. The van der Waals surface area contributed by atoms with Crippen molar-refractivity contribution in [2.45, 2.75) is 11.9 Å². The van der Waals surface area contributed by atoms with Gasteiger partial charge in [-0.3, -0.25) is 0 Å². The van der Waals surface area contributed by atoms with Gasteiger partial charge in [0, 0.05) is 6.20 Å². The Balaban J connectivity index is 2.70. The summed E-state index contributed by atoms with van der Waals surface area (Å²) in [4.78, 5) is 0.155. The number of hydrogen-bond donors (Lipinski definition) is 1. The zero-order valence-electron chi connectivity index (χ0n) is 5.21. The summed E-state index contributed by atoms with van der Waals surface area (Å²) in [5.41, 5.74) is 1.23. The summed E-state index contributed by atoms with van der Waals surface area (Å²) >= 11 is 3.37. The molecule has 0 aromatic carbocycles. The second kappa shape index (κ2) is 2.54. The molecular formula is C6H9BrN2. The predicted molar refractivity (Wildman–Crippen MR) is 41.6 cm³/mol.